The van der Waals surface area contributed by atoms with Crippen molar-refractivity contribution in [3.8, 4) is 5.75 Å². The van der Waals surface area contributed by atoms with Gasteiger partial charge in [0.2, 0.25) is 0 Å². The molecule has 1 N–H and O–H groups in total. The van der Waals surface area contributed by atoms with Crippen molar-refractivity contribution in [1.29, 1.82) is 0 Å². The second-order valence-electron chi connectivity index (χ2n) is 8.24. The molecule has 0 radical (unpaired) electrons. The molecule has 1 heteroatoms. The maximum Gasteiger partial charge on any atom is 0.115 e. The van der Waals surface area contributed by atoms with E-state index in [2.05, 4.69) is 62.3 Å². The SMILES string of the molecule is CC1C(C)(C)CC1(C)C.CCC.CCc1ccc(O)cc1CC. The van der Waals surface area contributed by atoms with Crippen molar-refractivity contribution in [1.82, 2.24) is 0 Å². The van der Waals surface area contributed by atoms with Gasteiger partial charge in [0.1, 0.15) is 5.75 Å². The van der Waals surface area contributed by atoms with E-state index in [4.69, 9.17) is 5.11 Å². The molecule has 1 aliphatic carbocycles. The average Bonchev–Trinajstić information content (AvgIpc) is 2.47. The van der Waals surface area contributed by atoms with Crippen molar-refractivity contribution in [2.45, 2.75) is 88.0 Å². The maximum atomic E-state index is 9.16. The zero-order valence-electron chi connectivity index (χ0n) is 17.1. The molecule has 0 unspecified atom stereocenters. The summed E-state index contributed by atoms with van der Waals surface area (Å²) in [6, 6.07) is 5.59. The monoisotopic (exact) mass is 320 g/mol. The maximum absolute atomic E-state index is 9.16. The van der Waals surface area contributed by atoms with Gasteiger partial charge in [0.05, 0.1) is 0 Å². The van der Waals surface area contributed by atoms with Crippen LogP contribution >= 0.6 is 0 Å². The molecule has 1 fully saturated rings. The van der Waals surface area contributed by atoms with E-state index in [0.29, 0.717) is 16.6 Å². The lowest BCUT2D eigenvalue weighted by molar-refractivity contribution is -0.0671. The zero-order valence-corrected chi connectivity index (χ0v) is 17.1. The van der Waals surface area contributed by atoms with Crippen LogP contribution in [-0.4, -0.2) is 5.11 Å². The van der Waals surface area contributed by atoms with Gasteiger partial charge in [-0.25, -0.2) is 0 Å². The van der Waals surface area contributed by atoms with E-state index in [0.717, 1.165) is 18.8 Å². The second kappa shape index (κ2) is 9.35. The molecule has 134 valence electrons. The van der Waals surface area contributed by atoms with Crippen molar-refractivity contribution in [3.05, 3.63) is 29.3 Å². The predicted octanol–water partition coefficient (Wildman–Crippen LogP) is 7.01. The molecular formula is C22H40O. The van der Waals surface area contributed by atoms with Gasteiger partial charge in [-0.15, -0.1) is 0 Å². The van der Waals surface area contributed by atoms with Gasteiger partial charge in [-0.05, 0) is 59.3 Å². The van der Waals surface area contributed by atoms with Crippen LogP contribution in [0.4, 0.5) is 0 Å². The number of aryl methyl sites for hydroxylation is 2. The lowest BCUT2D eigenvalue weighted by Gasteiger charge is -2.56. The molecule has 0 atom stereocenters. The first-order valence-corrected chi connectivity index (χ1v) is 9.36. The standard InChI is InChI=1S/C10H14O.C9H18.C3H8/c1-3-8-5-6-10(11)7-9(8)4-2;1-7-8(2,3)6-9(7,4)5;1-3-2/h5-7,11H,3-4H2,1-2H3;7H,6H2,1-5H3;3H2,1-2H3. The number of rotatable bonds is 2. The Morgan fingerprint density at radius 1 is 0.913 bits per heavy atom. The highest BCUT2D eigenvalue weighted by Gasteiger charge is 2.49. The molecule has 0 aromatic heterocycles. The molecular weight excluding hydrogens is 280 g/mol. The minimum Gasteiger partial charge on any atom is -0.508 e. The highest BCUT2D eigenvalue weighted by atomic mass is 16.3. The third-order valence-corrected chi connectivity index (χ3v) is 5.21. The lowest BCUT2D eigenvalue weighted by atomic mass is 9.49. The molecule has 0 heterocycles. The van der Waals surface area contributed by atoms with Crippen LogP contribution < -0.4 is 0 Å². The van der Waals surface area contributed by atoms with Gasteiger partial charge in [-0.3, -0.25) is 0 Å². The van der Waals surface area contributed by atoms with Crippen LogP contribution in [0, 0.1) is 16.7 Å². The van der Waals surface area contributed by atoms with Gasteiger partial charge in [0.25, 0.3) is 0 Å². The van der Waals surface area contributed by atoms with Crippen LogP contribution in [0.2, 0.25) is 0 Å². The van der Waals surface area contributed by atoms with Crippen molar-refractivity contribution < 1.29 is 5.11 Å². The quantitative estimate of drug-likeness (QED) is 0.621. The topological polar surface area (TPSA) is 20.2 Å². The highest BCUT2D eigenvalue weighted by molar-refractivity contribution is 5.34. The number of phenolic OH excluding ortho intramolecular Hbond substituents is 1. The van der Waals surface area contributed by atoms with Gasteiger partial charge in [-0.2, -0.15) is 0 Å². The predicted molar refractivity (Wildman–Crippen MR) is 104 cm³/mol. The first kappa shape index (κ1) is 22.0. The summed E-state index contributed by atoms with van der Waals surface area (Å²) < 4.78 is 0. The Morgan fingerprint density at radius 2 is 1.35 bits per heavy atom. The summed E-state index contributed by atoms with van der Waals surface area (Å²) in [6.45, 7) is 20.3. The minimum atomic E-state index is 0.374. The molecule has 23 heavy (non-hydrogen) atoms. The van der Waals surface area contributed by atoms with E-state index in [1.54, 1.807) is 6.07 Å². The van der Waals surface area contributed by atoms with Gasteiger partial charge in [0.15, 0.2) is 0 Å². The van der Waals surface area contributed by atoms with E-state index in [9.17, 15) is 0 Å². The summed E-state index contributed by atoms with van der Waals surface area (Å²) in [4.78, 5) is 0. The Balaban J connectivity index is 0.000000365. The smallest absolute Gasteiger partial charge is 0.115 e. The summed E-state index contributed by atoms with van der Waals surface area (Å²) >= 11 is 0. The number of hydrogen-bond donors (Lipinski definition) is 1. The molecule has 0 bridgehead atoms. The Hall–Kier alpha value is -0.980. The largest absolute Gasteiger partial charge is 0.508 e. The molecule has 1 aromatic rings. The molecule has 0 aliphatic heterocycles. The van der Waals surface area contributed by atoms with Crippen molar-refractivity contribution >= 4 is 0 Å². The van der Waals surface area contributed by atoms with Crippen molar-refractivity contribution in [2.24, 2.45) is 16.7 Å². The van der Waals surface area contributed by atoms with Crippen LogP contribution in [0.15, 0.2) is 18.2 Å². The summed E-state index contributed by atoms with van der Waals surface area (Å²) in [5.41, 5.74) is 3.82. The van der Waals surface area contributed by atoms with Crippen molar-refractivity contribution in [2.75, 3.05) is 0 Å². The summed E-state index contributed by atoms with van der Waals surface area (Å²) in [5, 5.41) is 9.16. The Kier molecular flexibility index (Phi) is 8.95. The van der Waals surface area contributed by atoms with Gasteiger partial charge in [0, 0.05) is 0 Å². The van der Waals surface area contributed by atoms with E-state index >= 15 is 0 Å². The molecule has 0 amide bonds. The van der Waals surface area contributed by atoms with E-state index in [1.165, 1.54) is 24.0 Å². The third kappa shape index (κ3) is 6.57. The van der Waals surface area contributed by atoms with Crippen LogP contribution in [0.5, 0.6) is 5.75 Å². The fourth-order valence-corrected chi connectivity index (χ4v) is 3.69. The minimum absolute atomic E-state index is 0.374. The summed E-state index contributed by atoms with van der Waals surface area (Å²) in [6.07, 6.45) is 4.68. The first-order chi connectivity index (χ1) is 10.6. The van der Waals surface area contributed by atoms with Gasteiger partial charge >= 0.3 is 0 Å². The Morgan fingerprint density at radius 3 is 1.61 bits per heavy atom. The second-order valence-corrected chi connectivity index (χ2v) is 8.24. The van der Waals surface area contributed by atoms with Crippen LogP contribution in [0.1, 0.15) is 86.3 Å². The molecule has 1 nitrogen and oxygen atoms in total. The highest BCUT2D eigenvalue weighted by Crippen LogP contribution is 2.58. The lowest BCUT2D eigenvalue weighted by Crippen LogP contribution is -2.48. The van der Waals surface area contributed by atoms with E-state index < -0.39 is 0 Å². The fraction of sp³-hybridized carbons (Fsp3) is 0.727. The molecule has 1 aromatic carbocycles. The van der Waals surface area contributed by atoms with Crippen LogP contribution in [0.25, 0.3) is 0 Å². The van der Waals surface area contributed by atoms with Gasteiger partial charge in [-0.1, -0.05) is 74.8 Å². The third-order valence-electron chi connectivity index (χ3n) is 5.21. The number of benzene rings is 1. The average molecular weight is 321 g/mol. The van der Waals surface area contributed by atoms with Crippen LogP contribution in [0.3, 0.4) is 0 Å². The fourth-order valence-electron chi connectivity index (χ4n) is 3.69. The Bertz CT molecular complexity index is 443. The molecule has 1 saturated carbocycles. The number of phenols is 1. The van der Waals surface area contributed by atoms with E-state index in [-0.39, 0.29) is 0 Å². The normalized spacial score (nSPS) is 18.0. The molecule has 0 spiro atoms. The van der Waals surface area contributed by atoms with E-state index in [1.807, 2.05) is 12.1 Å². The first-order valence-electron chi connectivity index (χ1n) is 9.36. The van der Waals surface area contributed by atoms with Crippen LogP contribution in [-0.2, 0) is 12.8 Å². The molecule has 2 rings (SSSR count). The summed E-state index contributed by atoms with van der Waals surface area (Å²) in [5.74, 6) is 1.27. The molecule has 1 aliphatic rings. The van der Waals surface area contributed by atoms with Crippen molar-refractivity contribution in [3.63, 3.8) is 0 Å². The summed E-state index contributed by atoms with van der Waals surface area (Å²) in [7, 11) is 0. The molecule has 0 saturated heterocycles. The Labute approximate surface area is 145 Å². The number of aromatic hydroxyl groups is 1. The van der Waals surface area contributed by atoms with Gasteiger partial charge < -0.3 is 5.11 Å². The zero-order chi connectivity index (χ0) is 18.3. The number of hydrogen-bond acceptors (Lipinski definition) is 1.